The van der Waals surface area contributed by atoms with E-state index in [1.165, 1.54) is 11.8 Å². The molecule has 0 amide bonds. The molecule has 0 saturated carbocycles. The molecule has 2 aromatic carbocycles. The van der Waals surface area contributed by atoms with Gasteiger partial charge in [0.25, 0.3) is 0 Å². The summed E-state index contributed by atoms with van der Waals surface area (Å²) < 4.78 is 16.0. The van der Waals surface area contributed by atoms with Crippen LogP contribution in [-0.4, -0.2) is 20.0 Å². The van der Waals surface area contributed by atoms with Crippen LogP contribution >= 0.6 is 11.8 Å². The smallest absolute Gasteiger partial charge is 0.199 e. The molecule has 1 atom stereocenters. The van der Waals surface area contributed by atoms with E-state index in [4.69, 9.17) is 13.9 Å². The highest BCUT2D eigenvalue weighted by Gasteiger charge is 2.21. The fourth-order valence-corrected chi connectivity index (χ4v) is 3.91. The fourth-order valence-electron chi connectivity index (χ4n) is 2.77. The first-order chi connectivity index (χ1) is 13.1. The number of rotatable bonds is 8. The second kappa shape index (κ2) is 8.82. The summed E-state index contributed by atoms with van der Waals surface area (Å²) in [7, 11) is 3.22. The first-order valence-corrected chi connectivity index (χ1v) is 9.50. The minimum atomic E-state index is -0.0786. The minimum Gasteiger partial charge on any atom is -0.493 e. The van der Waals surface area contributed by atoms with Crippen molar-refractivity contribution >= 4 is 17.5 Å². The van der Waals surface area contributed by atoms with Gasteiger partial charge in [-0.05, 0) is 48.9 Å². The van der Waals surface area contributed by atoms with Gasteiger partial charge in [0.1, 0.15) is 0 Å². The number of hydrogen-bond donors (Lipinski definition) is 0. The third-order valence-electron chi connectivity index (χ3n) is 4.25. The van der Waals surface area contributed by atoms with Gasteiger partial charge in [0.2, 0.25) is 0 Å². The van der Waals surface area contributed by atoms with E-state index in [1.54, 1.807) is 38.1 Å². The van der Waals surface area contributed by atoms with Crippen molar-refractivity contribution in [1.82, 2.24) is 0 Å². The van der Waals surface area contributed by atoms with Gasteiger partial charge in [0, 0.05) is 16.6 Å². The van der Waals surface area contributed by atoms with Crippen LogP contribution in [0.25, 0.3) is 0 Å². The van der Waals surface area contributed by atoms with Crippen molar-refractivity contribution in [2.75, 3.05) is 14.2 Å². The molecule has 1 aromatic heterocycles. The Bertz CT molecular complexity index is 885. The Hall–Kier alpha value is -2.66. The summed E-state index contributed by atoms with van der Waals surface area (Å²) in [6.07, 6.45) is 1.84. The molecule has 0 N–H and O–H groups in total. The van der Waals surface area contributed by atoms with Crippen LogP contribution < -0.4 is 9.47 Å². The zero-order valence-electron chi connectivity index (χ0n) is 15.6. The van der Waals surface area contributed by atoms with E-state index >= 15 is 0 Å². The Morgan fingerprint density at radius 1 is 1.04 bits per heavy atom. The molecule has 0 bridgehead atoms. The van der Waals surface area contributed by atoms with E-state index in [9.17, 15) is 4.79 Å². The molecular formula is C22H22O4S. The third kappa shape index (κ3) is 4.74. The van der Waals surface area contributed by atoms with E-state index < -0.39 is 0 Å². The normalized spacial score (nSPS) is 11.8. The lowest BCUT2D eigenvalue weighted by atomic mass is 10.1. The summed E-state index contributed by atoms with van der Waals surface area (Å²) in [6.45, 7) is 2.06. The second-order valence-electron chi connectivity index (χ2n) is 6.14. The van der Waals surface area contributed by atoms with Crippen molar-refractivity contribution in [3.63, 3.8) is 0 Å². The van der Waals surface area contributed by atoms with Gasteiger partial charge in [-0.3, -0.25) is 4.79 Å². The van der Waals surface area contributed by atoms with Crippen LogP contribution in [0.3, 0.4) is 0 Å². The lowest BCUT2D eigenvalue weighted by Crippen LogP contribution is -2.05. The maximum Gasteiger partial charge on any atom is 0.199 e. The maximum atomic E-state index is 12.6. The number of ketones is 1. The number of hydrogen-bond acceptors (Lipinski definition) is 5. The molecule has 0 unspecified atom stereocenters. The molecule has 3 rings (SSSR count). The molecule has 0 aliphatic carbocycles. The van der Waals surface area contributed by atoms with E-state index in [1.807, 2.05) is 18.2 Å². The van der Waals surface area contributed by atoms with Gasteiger partial charge in [-0.25, -0.2) is 0 Å². The Balaban J connectivity index is 1.91. The van der Waals surface area contributed by atoms with E-state index in [2.05, 4.69) is 31.2 Å². The second-order valence-corrected chi connectivity index (χ2v) is 7.41. The third-order valence-corrected chi connectivity index (χ3v) is 5.51. The summed E-state index contributed by atoms with van der Waals surface area (Å²) >= 11 is 1.65. The number of ether oxygens (including phenoxy) is 2. The molecule has 0 radical (unpaired) electrons. The molecular weight excluding hydrogens is 360 g/mol. The van der Waals surface area contributed by atoms with Gasteiger partial charge in [0.05, 0.1) is 20.5 Å². The number of carbonyl (C=O) groups excluding carboxylic acids is 1. The molecule has 0 aliphatic heterocycles. The van der Waals surface area contributed by atoms with Crippen molar-refractivity contribution in [1.29, 1.82) is 0 Å². The average Bonchev–Trinajstić information content (AvgIpc) is 3.23. The molecule has 27 heavy (non-hydrogen) atoms. The van der Waals surface area contributed by atoms with Crippen molar-refractivity contribution in [3.8, 4) is 11.5 Å². The first-order valence-electron chi connectivity index (χ1n) is 8.62. The molecule has 5 heteroatoms. The molecule has 4 nitrogen and oxygen atoms in total. The van der Waals surface area contributed by atoms with Crippen LogP contribution in [0.5, 0.6) is 11.5 Å². The average molecular weight is 382 g/mol. The van der Waals surface area contributed by atoms with Gasteiger partial charge >= 0.3 is 0 Å². The van der Waals surface area contributed by atoms with Crippen LogP contribution in [0.15, 0.2) is 70.2 Å². The van der Waals surface area contributed by atoms with E-state index in [-0.39, 0.29) is 11.0 Å². The van der Waals surface area contributed by atoms with Crippen molar-refractivity contribution < 1.29 is 18.7 Å². The number of Topliss-reactive ketones (excluding diaryl/α,β-unsaturated/α-hetero) is 1. The summed E-state index contributed by atoms with van der Waals surface area (Å²) in [5.41, 5.74) is 2.20. The van der Waals surface area contributed by atoms with Gasteiger partial charge in [-0.15, -0.1) is 11.8 Å². The predicted octanol–water partition coefficient (Wildman–Crippen LogP) is 5.71. The van der Waals surface area contributed by atoms with Gasteiger partial charge < -0.3 is 13.9 Å². The van der Waals surface area contributed by atoms with Gasteiger partial charge in [-0.2, -0.15) is 0 Å². The fraction of sp³-hybridized carbons (Fsp3) is 0.227. The Morgan fingerprint density at radius 2 is 1.78 bits per heavy atom. The zero-order valence-corrected chi connectivity index (χ0v) is 16.4. The zero-order chi connectivity index (χ0) is 19.2. The lowest BCUT2D eigenvalue weighted by Gasteiger charge is -2.18. The number of carbonyl (C=O) groups is 1. The summed E-state index contributed by atoms with van der Waals surface area (Å²) in [5, 5.41) is -0.0786. The molecule has 0 fully saturated rings. The van der Waals surface area contributed by atoms with Gasteiger partial charge in [0.15, 0.2) is 23.0 Å². The first kappa shape index (κ1) is 19.1. The summed E-state index contributed by atoms with van der Waals surface area (Å²) in [5.74, 6) is 1.66. The Labute approximate surface area is 163 Å². The highest BCUT2D eigenvalue weighted by Crippen LogP contribution is 2.41. The highest BCUT2D eigenvalue weighted by atomic mass is 32.2. The van der Waals surface area contributed by atoms with Gasteiger partial charge in [-0.1, -0.05) is 23.8 Å². The standard InChI is InChI=1S/C22H22O4S/c1-15-6-9-17(10-7-15)27-22(14-18(23)19-5-4-12-26-19)16-8-11-20(24-2)21(13-16)25-3/h4-13,22H,14H2,1-3H3/t22-/m0/s1. The largest absolute Gasteiger partial charge is 0.493 e. The molecule has 0 saturated heterocycles. The van der Waals surface area contributed by atoms with Crippen LogP contribution in [-0.2, 0) is 0 Å². The molecule has 1 heterocycles. The molecule has 140 valence electrons. The monoisotopic (exact) mass is 382 g/mol. The number of thioether (sulfide) groups is 1. The Morgan fingerprint density at radius 3 is 2.41 bits per heavy atom. The van der Waals surface area contributed by atoms with Crippen molar-refractivity contribution in [3.05, 3.63) is 77.7 Å². The molecule has 0 aliphatic rings. The van der Waals surface area contributed by atoms with E-state index in [0.717, 1.165) is 10.5 Å². The summed E-state index contributed by atoms with van der Waals surface area (Å²) in [4.78, 5) is 13.8. The number of methoxy groups -OCH3 is 2. The Kier molecular flexibility index (Phi) is 6.24. The number of benzene rings is 2. The van der Waals surface area contributed by atoms with Crippen LogP contribution in [0, 0.1) is 6.92 Å². The molecule has 0 spiro atoms. The van der Waals surface area contributed by atoms with E-state index in [0.29, 0.717) is 23.7 Å². The highest BCUT2D eigenvalue weighted by molar-refractivity contribution is 7.99. The quantitative estimate of drug-likeness (QED) is 0.369. The predicted molar refractivity (Wildman–Crippen MR) is 107 cm³/mol. The number of aryl methyl sites for hydroxylation is 1. The maximum absolute atomic E-state index is 12.6. The van der Waals surface area contributed by atoms with Crippen LogP contribution in [0.2, 0.25) is 0 Å². The van der Waals surface area contributed by atoms with Crippen molar-refractivity contribution in [2.45, 2.75) is 23.5 Å². The van der Waals surface area contributed by atoms with Crippen molar-refractivity contribution in [2.24, 2.45) is 0 Å². The summed E-state index contributed by atoms with van der Waals surface area (Å²) in [6, 6.07) is 17.5. The lowest BCUT2D eigenvalue weighted by molar-refractivity contribution is 0.0955. The minimum absolute atomic E-state index is 0.0283. The topological polar surface area (TPSA) is 48.7 Å². The molecule has 3 aromatic rings. The van der Waals surface area contributed by atoms with Crippen LogP contribution in [0.4, 0.5) is 0 Å². The van der Waals surface area contributed by atoms with Crippen LogP contribution in [0.1, 0.15) is 33.4 Å². The number of furan rings is 1. The SMILES string of the molecule is COc1ccc([C@H](CC(=O)c2ccco2)Sc2ccc(C)cc2)cc1OC.